The van der Waals surface area contributed by atoms with Gasteiger partial charge in [0, 0.05) is 18.3 Å². The quantitative estimate of drug-likeness (QED) is 0.637. The van der Waals surface area contributed by atoms with E-state index in [1.54, 1.807) is 18.3 Å². The lowest BCUT2D eigenvalue weighted by Crippen LogP contribution is -2.42. The number of aromatic nitrogens is 2. The van der Waals surface area contributed by atoms with Crippen LogP contribution in [0, 0.1) is 0 Å². The summed E-state index contributed by atoms with van der Waals surface area (Å²) in [5.41, 5.74) is 0.0426. The van der Waals surface area contributed by atoms with Crippen molar-refractivity contribution in [3.05, 3.63) is 22.9 Å². The van der Waals surface area contributed by atoms with E-state index in [1.807, 2.05) is 20.8 Å². The fraction of sp³-hybridized carbons (Fsp3) is 0.526. The summed E-state index contributed by atoms with van der Waals surface area (Å²) in [6.07, 6.45) is 6.18. The van der Waals surface area contributed by atoms with E-state index < -0.39 is 11.5 Å². The second kappa shape index (κ2) is 8.81. The number of carbonyl (C=O) groups excluding carboxylic acids is 3. The molecule has 0 spiro atoms. The highest BCUT2D eigenvalue weighted by atomic mass is 32.2. The number of carbonyl (C=O) groups is 3. The third-order valence-electron chi connectivity index (χ3n) is 4.38. The van der Waals surface area contributed by atoms with E-state index in [0.717, 1.165) is 37.4 Å². The summed E-state index contributed by atoms with van der Waals surface area (Å²) in [5.74, 6) is 0.0570. The molecule has 0 unspecified atom stereocenters. The van der Waals surface area contributed by atoms with Gasteiger partial charge in [0.05, 0.1) is 10.6 Å². The van der Waals surface area contributed by atoms with Crippen LogP contribution in [-0.4, -0.2) is 44.9 Å². The van der Waals surface area contributed by atoms with Gasteiger partial charge in [0.15, 0.2) is 0 Å². The van der Waals surface area contributed by atoms with Crippen LogP contribution in [0.25, 0.3) is 6.08 Å². The Labute approximate surface area is 173 Å². The highest BCUT2D eigenvalue weighted by Crippen LogP contribution is 2.25. The standard InChI is InChI=1S/C19H25N5O4S/c1-19(2,3)28-17(26)23-12-6-4-11(5-7-12)21-16-20-9-8-13(22-16)10-14-15(25)24-18(27)29-14/h8-12H,4-7H2,1-3H3,(H,23,26)(H,20,21,22)(H,24,25,27). The number of nitrogens with zero attached hydrogens (tertiary/aromatic N) is 2. The van der Waals surface area contributed by atoms with E-state index in [0.29, 0.717) is 16.5 Å². The van der Waals surface area contributed by atoms with Crippen LogP contribution in [0.5, 0.6) is 0 Å². The number of thioether (sulfide) groups is 1. The lowest BCUT2D eigenvalue weighted by Gasteiger charge is -2.30. The van der Waals surface area contributed by atoms with Crippen LogP contribution in [0.1, 0.15) is 52.1 Å². The van der Waals surface area contributed by atoms with Crippen molar-refractivity contribution in [2.45, 2.75) is 64.1 Å². The van der Waals surface area contributed by atoms with Gasteiger partial charge in [-0.25, -0.2) is 14.8 Å². The van der Waals surface area contributed by atoms with Crippen LogP contribution in [0.2, 0.25) is 0 Å². The number of amides is 3. The zero-order valence-electron chi connectivity index (χ0n) is 16.7. The van der Waals surface area contributed by atoms with Crippen LogP contribution in [-0.2, 0) is 9.53 Å². The summed E-state index contributed by atoms with van der Waals surface area (Å²) >= 11 is 0.854. The molecule has 1 saturated heterocycles. The van der Waals surface area contributed by atoms with Crippen molar-refractivity contribution in [3.63, 3.8) is 0 Å². The van der Waals surface area contributed by atoms with E-state index >= 15 is 0 Å². The Bertz CT molecular complexity index is 828. The van der Waals surface area contributed by atoms with Crippen molar-refractivity contribution in [2.24, 2.45) is 0 Å². The molecular formula is C19H25N5O4S. The minimum atomic E-state index is -0.508. The van der Waals surface area contributed by atoms with Gasteiger partial charge in [-0.05, 0) is 70.4 Å². The summed E-state index contributed by atoms with van der Waals surface area (Å²) < 4.78 is 5.30. The molecule has 2 aliphatic rings. The second-order valence-electron chi connectivity index (χ2n) is 8.00. The van der Waals surface area contributed by atoms with E-state index in [2.05, 4.69) is 25.9 Å². The van der Waals surface area contributed by atoms with Crippen LogP contribution in [0.3, 0.4) is 0 Å². The molecule has 1 aliphatic carbocycles. The first kappa shape index (κ1) is 21.1. The second-order valence-corrected chi connectivity index (χ2v) is 9.01. The molecule has 0 aromatic carbocycles. The van der Waals surface area contributed by atoms with E-state index in [4.69, 9.17) is 4.74 Å². The van der Waals surface area contributed by atoms with Crippen LogP contribution in [0.15, 0.2) is 17.2 Å². The molecule has 2 fully saturated rings. The number of rotatable bonds is 4. The predicted octanol–water partition coefficient (Wildman–Crippen LogP) is 3.05. The summed E-state index contributed by atoms with van der Waals surface area (Å²) in [4.78, 5) is 43.8. The normalized spacial score (nSPS) is 23.6. The molecular weight excluding hydrogens is 394 g/mol. The maximum atomic E-state index is 11.9. The molecule has 1 aromatic rings. The molecule has 0 bridgehead atoms. The molecule has 3 amide bonds. The lowest BCUT2D eigenvalue weighted by molar-refractivity contribution is -0.115. The van der Waals surface area contributed by atoms with E-state index in [-0.39, 0.29) is 23.4 Å². The molecule has 29 heavy (non-hydrogen) atoms. The Hall–Kier alpha value is -2.62. The highest BCUT2D eigenvalue weighted by Gasteiger charge is 2.26. The largest absolute Gasteiger partial charge is 0.444 e. The first-order valence-electron chi connectivity index (χ1n) is 9.52. The first-order chi connectivity index (χ1) is 13.7. The fourth-order valence-electron chi connectivity index (χ4n) is 3.12. The van der Waals surface area contributed by atoms with Crippen molar-refractivity contribution < 1.29 is 19.1 Å². The topological polar surface area (TPSA) is 122 Å². The minimum Gasteiger partial charge on any atom is -0.444 e. The van der Waals surface area contributed by atoms with E-state index in [1.165, 1.54) is 0 Å². The molecule has 0 radical (unpaired) electrons. The molecule has 9 nitrogen and oxygen atoms in total. The molecule has 0 atom stereocenters. The van der Waals surface area contributed by atoms with E-state index in [9.17, 15) is 14.4 Å². The predicted molar refractivity (Wildman–Crippen MR) is 110 cm³/mol. The van der Waals surface area contributed by atoms with Gasteiger partial charge in [-0.1, -0.05) is 0 Å². The minimum absolute atomic E-state index is 0.0929. The number of nitrogens with one attached hydrogen (secondary N) is 3. The number of ether oxygens (including phenoxy) is 1. The van der Waals surface area contributed by atoms with Crippen molar-refractivity contribution in [1.29, 1.82) is 0 Å². The maximum absolute atomic E-state index is 11.9. The van der Waals surface area contributed by atoms with Gasteiger partial charge in [-0.2, -0.15) is 0 Å². The fourth-order valence-corrected chi connectivity index (χ4v) is 3.78. The van der Waals surface area contributed by atoms with Gasteiger partial charge in [0.25, 0.3) is 11.1 Å². The third kappa shape index (κ3) is 6.45. The average Bonchev–Trinajstić information content (AvgIpc) is 2.92. The monoisotopic (exact) mass is 419 g/mol. The summed E-state index contributed by atoms with van der Waals surface area (Å²) in [6, 6.07) is 1.96. The number of anilines is 1. The summed E-state index contributed by atoms with van der Waals surface area (Å²) in [7, 11) is 0. The molecule has 1 aliphatic heterocycles. The number of alkyl carbamates (subject to hydrolysis) is 1. The van der Waals surface area contributed by atoms with Crippen molar-refractivity contribution in [1.82, 2.24) is 20.6 Å². The number of hydrogen-bond acceptors (Lipinski definition) is 8. The summed E-state index contributed by atoms with van der Waals surface area (Å²) in [6.45, 7) is 5.52. The van der Waals surface area contributed by atoms with Crippen molar-refractivity contribution in [3.8, 4) is 0 Å². The van der Waals surface area contributed by atoms with Gasteiger partial charge >= 0.3 is 6.09 Å². The maximum Gasteiger partial charge on any atom is 0.407 e. The Balaban J connectivity index is 1.51. The van der Waals surface area contributed by atoms with Crippen molar-refractivity contribution >= 4 is 41.0 Å². The van der Waals surface area contributed by atoms with Crippen LogP contribution >= 0.6 is 11.8 Å². The summed E-state index contributed by atoms with van der Waals surface area (Å²) in [5, 5.41) is 8.06. The Morgan fingerprint density at radius 1 is 1.24 bits per heavy atom. The molecule has 1 saturated carbocycles. The van der Waals surface area contributed by atoms with Gasteiger partial charge in [-0.3, -0.25) is 14.9 Å². The molecule has 10 heteroatoms. The third-order valence-corrected chi connectivity index (χ3v) is 5.19. The Kier molecular flexibility index (Phi) is 6.41. The van der Waals surface area contributed by atoms with Gasteiger partial charge in [0.1, 0.15) is 5.60 Å². The SMILES string of the molecule is CC(C)(C)OC(=O)NC1CCC(Nc2nccc(C=C3SC(=O)NC3=O)n2)CC1. The molecule has 1 aromatic heterocycles. The highest BCUT2D eigenvalue weighted by molar-refractivity contribution is 8.18. The number of hydrogen-bond donors (Lipinski definition) is 3. The molecule has 3 rings (SSSR count). The number of imide groups is 1. The average molecular weight is 420 g/mol. The molecule has 156 valence electrons. The Morgan fingerprint density at radius 3 is 2.55 bits per heavy atom. The van der Waals surface area contributed by atoms with Crippen LogP contribution < -0.4 is 16.0 Å². The first-order valence-corrected chi connectivity index (χ1v) is 10.3. The molecule has 2 heterocycles. The van der Waals surface area contributed by atoms with Gasteiger partial charge < -0.3 is 15.4 Å². The van der Waals surface area contributed by atoms with Gasteiger partial charge in [-0.15, -0.1) is 0 Å². The van der Waals surface area contributed by atoms with Crippen molar-refractivity contribution in [2.75, 3.05) is 5.32 Å². The lowest BCUT2D eigenvalue weighted by atomic mass is 9.91. The van der Waals surface area contributed by atoms with Crippen LogP contribution in [0.4, 0.5) is 15.5 Å². The zero-order valence-corrected chi connectivity index (χ0v) is 17.5. The smallest absolute Gasteiger partial charge is 0.407 e. The Morgan fingerprint density at radius 2 is 1.93 bits per heavy atom. The zero-order chi connectivity index (χ0) is 21.0. The molecule has 3 N–H and O–H groups in total. The van der Waals surface area contributed by atoms with Gasteiger partial charge in [0.2, 0.25) is 5.95 Å².